The van der Waals surface area contributed by atoms with Gasteiger partial charge in [-0.2, -0.15) is 5.26 Å². The summed E-state index contributed by atoms with van der Waals surface area (Å²) in [6, 6.07) is 10.7. The van der Waals surface area contributed by atoms with Gasteiger partial charge in [-0.3, -0.25) is 4.79 Å². The summed E-state index contributed by atoms with van der Waals surface area (Å²) in [5.41, 5.74) is 1.30. The molecule has 1 N–H and O–H groups in total. The van der Waals surface area contributed by atoms with Crippen molar-refractivity contribution in [2.24, 2.45) is 0 Å². The first-order valence-corrected chi connectivity index (χ1v) is 7.83. The zero-order chi connectivity index (χ0) is 16.2. The van der Waals surface area contributed by atoms with E-state index < -0.39 is 0 Å². The first-order valence-electron chi connectivity index (χ1n) is 7.45. The Bertz CT molecular complexity index is 737. The van der Waals surface area contributed by atoms with Gasteiger partial charge in [0, 0.05) is 12.2 Å². The van der Waals surface area contributed by atoms with Crippen LogP contribution in [0.25, 0.3) is 0 Å². The standard InChI is InChI=1S/C17H16ClN3O2/c18-15-9-13(6-5-12(15)10-19)21-7-1-4-16(21)17(22)20-11-14-3-2-8-23-14/h2-3,5-6,8-9,16H,1,4,7,11H2,(H,20,22)/t16-/m1/s1. The summed E-state index contributed by atoms with van der Waals surface area (Å²) < 4.78 is 5.22. The molecule has 0 unspecified atom stereocenters. The van der Waals surface area contributed by atoms with E-state index in [2.05, 4.69) is 5.32 Å². The fourth-order valence-electron chi connectivity index (χ4n) is 2.83. The minimum atomic E-state index is -0.228. The zero-order valence-corrected chi connectivity index (χ0v) is 13.2. The predicted octanol–water partition coefficient (Wildman–Crippen LogP) is 3.09. The van der Waals surface area contributed by atoms with Crippen LogP contribution in [0.15, 0.2) is 41.0 Å². The van der Waals surface area contributed by atoms with E-state index in [-0.39, 0.29) is 11.9 Å². The highest BCUT2D eigenvalue weighted by atomic mass is 35.5. The minimum absolute atomic E-state index is 0.0283. The molecule has 2 heterocycles. The van der Waals surface area contributed by atoms with E-state index in [1.807, 2.05) is 23.1 Å². The van der Waals surface area contributed by atoms with E-state index >= 15 is 0 Å². The van der Waals surface area contributed by atoms with Crippen LogP contribution in [-0.2, 0) is 11.3 Å². The second kappa shape index (κ2) is 6.76. The molecule has 3 rings (SSSR count). The van der Waals surface area contributed by atoms with Crippen LogP contribution in [0.4, 0.5) is 5.69 Å². The van der Waals surface area contributed by atoms with Crippen LogP contribution in [0.5, 0.6) is 0 Å². The van der Waals surface area contributed by atoms with Crippen molar-refractivity contribution in [3.63, 3.8) is 0 Å². The summed E-state index contributed by atoms with van der Waals surface area (Å²) in [7, 11) is 0. The summed E-state index contributed by atoms with van der Waals surface area (Å²) in [6.45, 7) is 1.17. The van der Waals surface area contributed by atoms with Gasteiger partial charge in [-0.25, -0.2) is 0 Å². The molecule has 1 aromatic carbocycles. The lowest BCUT2D eigenvalue weighted by Gasteiger charge is -2.26. The van der Waals surface area contributed by atoms with Gasteiger partial charge in [0.05, 0.1) is 23.4 Å². The molecule has 1 atom stereocenters. The Balaban J connectivity index is 1.71. The number of amides is 1. The van der Waals surface area contributed by atoms with Crippen LogP contribution in [0.1, 0.15) is 24.2 Å². The Morgan fingerprint density at radius 1 is 1.48 bits per heavy atom. The third-order valence-electron chi connectivity index (χ3n) is 3.98. The van der Waals surface area contributed by atoms with E-state index in [0.29, 0.717) is 17.1 Å². The predicted molar refractivity (Wildman–Crippen MR) is 87.1 cm³/mol. The van der Waals surface area contributed by atoms with Crippen LogP contribution in [0.3, 0.4) is 0 Å². The second-order valence-electron chi connectivity index (χ2n) is 5.42. The van der Waals surface area contributed by atoms with Gasteiger partial charge in [-0.1, -0.05) is 11.6 Å². The van der Waals surface area contributed by atoms with E-state index in [0.717, 1.165) is 30.8 Å². The van der Waals surface area contributed by atoms with Gasteiger partial charge >= 0.3 is 0 Å². The van der Waals surface area contributed by atoms with Crippen molar-refractivity contribution in [2.75, 3.05) is 11.4 Å². The molecule has 0 radical (unpaired) electrons. The van der Waals surface area contributed by atoms with Crippen LogP contribution in [0, 0.1) is 11.3 Å². The number of benzene rings is 1. The Hall–Kier alpha value is -2.45. The van der Waals surface area contributed by atoms with E-state index in [1.54, 1.807) is 24.5 Å². The van der Waals surface area contributed by atoms with Gasteiger partial charge in [0.2, 0.25) is 5.91 Å². The fraction of sp³-hybridized carbons (Fsp3) is 0.294. The third kappa shape index (κ3) is 3.33. The molecule has 23 heavy (non-hydrogen) atoms. The van der Waals surface area contributed by atoms with Gasteiger partial charge in [0.25, 0.3) is 0 Å². The quantitative estimate of drug-likeness (QED) is 0.935. The van der Waals surface area contributed by atoms with Crippen molar-refractivity contribution in [1.29, 1.82) is 5.26 Å². The maximum Gasteiger partial charge on any atom is 0.243 e. The lowest BCUT2D eigenvalue weighted by atomic mass is 10.1. The SMILES string of the molecule is N#Cc1ccc(N2CCC[C@@H]2C(=O)NCc2ccco2)cc1Cl. The highest BCUT2D eigenvalue weighted by Crippen LogP contribution is 2.29. The average molecular weight is 330 g/mol. The largest absolute Gasteiger partial charge is 0.467 e. The van der Waals surface area contributed by atoms with Crippen LogP contribution in [-0.4, -0.2) is 18.5 Å². The number of hydrogen-bond acceptors (Lipinski definition) is 4. The molecule has 1 aliphatic rings. The number of nitrogens with one attached hydrogen (secondary N) is 1. The van der Waals surface area contributed by atoms with Crippen molar-refractivity contribution in [3.05, 3.63) is 52.9 Å². The number of carbonyl (C=O) groups excluding carboxylic acids is 1. The number of nitriles is 1. The molecular weight excluding hydrogens is 314 g/mol. The number of hydrogen-bond donors (Lipinski definition) is 1. The molecular formula is C17H16ClN3O2. The summed E-state index contributed by atoms with van der Waals surface area (Å²) in [4.78, 5) is 14.5. The Morgan fingerprint density at radius 2 is 2.35 bits per heavy atom. The number of rotatable bonds is 4. The lowest BCUT2D eigenvalue weighted by molar-refractivity contribution is -0.122. The number of halogens is 1. The van der Waals surface area contributed by atoms with E-state index in [9.17, 15) is 4.79 Å². The number of nitrogens with zero attached hydrogens (tertiary/aromatic N) is 2. The van der Waals surface area contributed by atoms with Crippen LogP contribution in [0.2, 0.25) is 5.02 Å². The van der Waals surface area contributed by atoms with Crippen molar-refractivity contribution < 1.29 is 9.21 Å². The third-order valence-corrected chi connectivity index (χ3v) is 4.29. The molecule has 1 aliphatic heterocycles. The normalized spacial score (nSPS) is 17.0. The Labute approximate surface area is 139 Å². The molecule has 0 saturated carbocycles. The topological polar surface area (TPSA) is 69.3 Å². The summed E-state index contributed by atoms with van der Waals surface area (Å²) >= 11 is 6.10. The second-order valence-corrected chi connectivity index (χ2v) is 5.83. The van der Waals surface area contributed by atoms with Gasteiger partial charge in [-0.15, -0.1) is 0 Å². The molecule has 0 aliphatic carbocycles. The first-order chi connectivity index (χ1) is 11.2. The first kappa shape index (κ1) is 15.4. The van der Waals surface area contributed by atoms with Gasteiger partial charge in [-0.05, 0) is 43.2 Å². The highest BCUT2D eigenvalue weighted by Gasteiger charge is 2.31. The maximum absolute atomic E-state index is 12.5. The van der Waals surface area contributed by atoms with Crippen molar-refractivity contribution in [3.8, 4) is 6.07 Å². The lowest BCUT2D eigenvalue weighted by Crippen LogP contribution is -2.43. The smallest absolute Gasteiger partial charge is 0.243 e. The number of furan rings is 1. The van der Waals surface area contributed by atoms with Gasteiger partial charge < -0.3 is 14.6 Å². The summed E-state index contributed by atoms with van der Waals surface area (Å²) in [5, 5.41) is 12.3. The number of anilines is 1. The van der Waals surface area contributed by atoms with Crippen molar-refractivity contribution in [1.82, 2.24) is 5.32 Å². The molecule has 1 fully saturated rings. The average Bonchev–Trinajstić information content (AvgIpc) is 3.24. The maximum atomic E-state index is 12.5. The van der Waals surface area contributed by atoms with Crippen LogP contribution >= 0.6 is 11.6 Å². The summed E-state index contributed by atoms with van der Waals surface area (Å²) in [6.07, 6.45) is 3.32. The zero-order valence-electron chi connectivity index (χ0n) is 12.5. The number of carbonyl (C=O) groups is 1. The Morgan fingerprint density at radius 3 is 3.04 bits per heavy atom. The minimum Gasteiger partial charge on any atom is -0.467 e. The molecule has 1 saturated heterocycles. The van der Waals surface area contributed by atoms with E-state index in [1.165, 1.54) is 0 Å². The molecule has 2 aromatic rings. The van der Waals surface area contributed by atoms with Crippen molar-refractivity contribution >= 4 is 23.2 Å². The van der Waals surface area contributed by atoms with Gasteiger partial charge in [0.1, 0.15) is 17.9 Å². The molecule has 5 nitrogen and oxygen atoms in total. The van der Waals surface area contributed by atoms with Crippen molar-refractivity contribution in [2.45, 2.75) is 25.4 Å². The molecule has 0 spiro atoms. The van der Waals surface area contributed by atoms with Gasteiger partial charge in [0.15, 0.2) is 0 Å². The molecule has 0 bridgehead atoms. The molecule has 1 aromatic heterocycles. The Kier molecular flexibility index (Phi) is 4.54. The molecule has 1 amide bonds. The molecule has 6 heteroatoms. The molecule has 118 valence electrons. The summed E-state index contributed by atoms with van der Waals surface area (Å²) in [5.74, 6) is 0.698. The fourth-order valence-corrected chi connectivity index (χ4v) is 3.04. The van der Waals surface area contributed by atoms with Crippen LogP contribution < -0.4 is 10.2 Å². The monoisotopic (exact) mass is 329 g/mol. The van der Waals surface area contributed by atoms with E-state index in [4.69, 9.17) is 21.3 Å². The highest BCUT2D eigenvalue weighted by molar-refractivity contribution is 6.32.